The molecule has 0 aliphatic heterocycles. The van der Waals surface area contributed by atoms with Crippen molar-refractivity contribution < 1.29 is 19.1 Å². The Labute approximate surface area is 139 Å². The van der Waals surface area contributed by atoms with Crippen LogP contribution in [0.2, 0.25) is 0 Å². The lowest BCUT2D eigenvalue weighted by molar-refractivity contribution is -0.120. The smallest absolute Gasteiger partial charge is 0.251 e. The van der Waals surface area contributed by atoms with Crippen molar-refractivity contribution in [2.45, 2.75) is 19.4 Å². The summed E-state index contributed by atoms with van der Waals surface area (Å²) < 4.78 is 13.1. The number of aromatic hydroxyl groups is 1. The van der Waals surface area contributed by atoms with Crippen molar-refractivity contribution in [3.63, 3.8) is 0 Å². The van der Waals surface area contributed by atoms with Crippen LogP contribution in [-0.2, 0) is 11.2 Å². The van der Waals surface area contributed by atoms with Gasteiger partial charge in [-0.3, -0.25) is 9.59 Å². The summed E-state index contributed by atoms with van der Waals surface area (Å²) in [6.45, 7) is 1.66. The summed E-state index contributed by atoms with van der Waals surface area (Å²) >= 11 is 0. The third-order valence-electron chi connectivity index (χ3n) is 3.38. The first-order valence-electron chi connectivity index (χ1n) is 7.55. The summed E-state index contributed by atoms with van der Waals surface area (Å²) in [6, 6.07) is 11.9. The molecule has 3 N–H and O–H groups in total. The summed E-state index contributed by atoms with van der Waals surface area (Å²) in [4.78, 5) is 23.7. The van der Waals surface area contributed by atoms with Gasteiger partial charge in [0.2, 0.25) is 5.91 Å². The molecule has 6 heteroatoms. The third-order valence-corrected chi connectivity index (χ3v) is 3.38. The first-order valence-corrected chi connectivity index (χ1v) is 7.55. The number of phenols is 1. The standard InChI is InChI=1S/C18H19FN2O3/c1-12(9-13-5-7-16(22)8-6-13)21-17(23)11-20-18(24)14-3-2-4-15(19)10-14/h2-8,10,12,22H,9,11H2,1H3,(H,20,24)(H,21,23). The number of carbonyl (C=O) groups is 2. The van der Waals surface area contributed by atoms with E-state index in [1.165, 1.54) is 18.2 Å². The second-order valence-corrected chi connectivity index (χ2v) is 5.53. The van der Waals surface area contributed by atoms with E-state index in [4.69, 9.17) is 0 Å². The average molecular weight is 330 g/mol. The van der Waals surface area contributed by atoms with Crippen molar-refractivity contribution in [2.24, 2.45) is 0 Å². The molecule has 0 spiro atoms. The number of hydrogen-bond acceptors (Lipinski definition) is 3. The van der Waals surface area contributed by atoms with Gasteiger partial charge in [-0.2, -0.15) is 0 Å². The number of benzene rings is 2. The number of hydrogen-bond donors (Lipinski definition) is 3. The van der Waals surface area contributed by atoms with Crippen LogP contribution in [0.15, 0.2) is 48.5 Å². The minimum absolute atomic E-state index is 0.131. The molecule has 0 aromatic heterocycles. The molecule has 2 aromatic carbocycles. The van der Waals surface area contributed by atoms with E-state index in [1.807, 2.05) is 6.92 Å². The molecule has 126 valence electrons. The Hall–Kier alpha value is -2.89. The molecule has 1 atom stereocenters. The van der Waals surface area contributed by atoms with Crippen LogP contribution in [-0.4, -0.2) is 29.5 Å². The number of halogens is 1. The summed E-state index contributed by atoms with van der Waals surface area (Å²) in [5.41, 5.74) is 1.14. The van der Waals surface area contributed by atoms with E-state index >= 15 is 0 Å². The van der Waals surface area contributed by atoms with Gasteiger partial charge in [0.05, 0.1) is 6.54 Å². The van der Waals surface area contributed by atoms with Crippen LogP contribution in [0.3, 0.4) is 0 Å². The van der Waals surface area contributed by atoms with Crippen LogP contribution < -0.4 is 10.6 Å². The highest BCUT2D eigenvalue weighted by Crippen LogP contribution is 2.11. The molecule has 5 nitrogen and oxygen atoms in total. The average Bonchev–Trinajstić information content (AvgIpc) is 2.54. The summed E-state index contributed by atoms with van der Waals surface area (Å²) in [7, 11) is 0. The van der Waals surface area contributed by atoms with Crippen LogP contribution >= 0.6 is 0 Å². The first kappa shape index (κ1) is 17.5. The summed E-state index contributed by atoms with van der Waals surface area (Å²) in [6.07, 6.45) is 0.601. The van der Waals surface area contributed by atoms with Crippen LogP contribution in [0.1, 0.15) is 22.8 Å². The van der Waals surface area contributed by atoms with Gasteiger partial charge < -0.3 is 15.7 Å². The van der Waals surface area contributed by atoms with Gasteiger partial charge >= 0.3 is 0 Å². The Morgan fingerprint density at radius 1 is 1.17 bits per heavy atom. The molecule has 2 amide bonds. The highest BCUT2D eigenvalue weighted by molar-refractivity contribution is 5.96. The second kappa shape index (κ2) is 8.10. The van der Waals surface area contributed by atoms with Crippen molar-refractivity contribution in [3.8, 4) is 5.75 Å². The molecular formula is C18H19FN2O3. The Morgan fingerprint density at radius 2 is 1.88 bits per heavy atom. The van der Waals surface area contributed by atoms with Crippen molar-refractivity contribution in [1.82, 2.24) is 10.6 Å². The van der Waals surface area contributed by atoms with Gasteiger partial charge in [0.1, 0.15) is 11.6 Å². The van der Waals surface area contributed by atoms with E-state index in [1.54, 1.807) is 24.3 Å². The zero-order chi connectivity index (χ0) is 17.5. The molecule has 0 aliphatic rings. The maximum absolute atomic E-state index is 13.1. The lowest BCUT2D eigenvalue weighted by Gasteiger charge is -2.14. The Balaban J connectivity index is 1.78. The van der Waals surface area contributed by atoms with Gasteiger partial charge in [0, 0.05) is 11.6 Å². The largest absolute Gasteiger partial charge is 0.508 e. The second-order valence-electron chi connectivity index (χ2n) is 5.53. The van der Waals surface area contributed by atoms with E-state index in [-0.39, 0.29) is 29.8 Å². The zero-order valence-corrected chi connectivity index (χ0v) is 13.3. The molecule has 2 rings (SSSR count). The Kier molecular flexibility index (Phi) is 5.89. The highest BCUT2D eigenvalue weighted by atomic mass is 19.1. The Bertz CT molecular complexity index is 716. The highest BCUT2D eigenvalue weighted by Gasteiger charge is 2.11. The lowest BCUT2D eigenvalue weighted by atomic mass is 10.1. The molecule has 0 aliphatic carbocycles. The molecule has 24 heavy (non-hydrogen) atoms. The molecule has 2 aromatic rings. The van der Waals surface area contributed by atoms with E-state index in [2.05, 4.69) is 10.6 Å². The molecule has 1 unspecified atom stereocenters. The monoisotopic (exact) mass is 330 g/mol. The zero-order valence-electron chi connectivity index (χ0n) is 13.3. The van der Waals surface area contributed by atoms with Crippen LogP contribution in [0.5, 0.6) is 5.75 Å². The number of rotatable bonds is 6. The van der Waals surface area contributed by atoms with E-state index in [0.717, 1.165) is 11.6 Å². The van der Waals surface area contributed by atoms with Crippen molar-refractivity contribution in [2.75, 3.05) is 6.54 Å². The molecule has 0 bridgehead atoms. The number of amides is 2. The molecule has 0 saturated heterocycles. The summed E-state index contributed by atoms with van der Waals surface area (Å²) in [5, 5.41) is 14.5. The fourth-order valence-corrected chi connectivity index (χ4v) is 2.25. The molecule has 0 saturated carbocycles. The predicted octanol–water partition coefficient (Wildman–Crippen LogP) is 2.01. The van der Waals surface area contributed by atoms with Crippen LogP contribution in [0.4, 0.5) is 4.39 Å². The van der Waals surface area contributed by atoms with Crippen molar-refractivity contribution >= 4 is 11.8 Å². The van der Waals surface area contributed by atoms with Crippen LogP contribution in [0, 0.1) is 5.82 Å². The van der Waals surface area contributed by atoms with Crippen molar-refractivity contribution in [3.05, 3.63) is 65.5 Å². The Morgan fingerprint density at radius 3 is 2.54 bits per heavy atom. The van der Waals surface area contributed by atoms with Gasteiger partial charge in [0.25, 0.3) is 5.91 Å². The SMILES string of the molecule is CC(Cc1ccc(O)cc1)NC(=O)CNC(=O)c1cccc(F)c1. The number of phenolic OH excluding ortho intramolecular Hbond substituents is 1. The van der Waals surface area contributed by atoms with Crippen LogP contribution in [0.25, 0.3) is 0 Å². The molecule has 0 heterocycles. The predicted molar refractivity (Wildman–Crippen MR) is 88.1 cm³/mol. The maximum atomic E-state index is 13.1. The van der Waals surface area contributed by atoms with Crippen molar-refractivity contribution in [1.29, 1.82) is 0 Å². The van der Waals surface area contributed by atoms with Gasteiger partial charge in [-0.05, 0) is 49.2 Å². The first-order chi connectivity index (χ1) is 11.4. The van der Waals surface area contributed by atoms with Gasteiger partial charge in [-0.15, -0.1) is 0 Å². The molecular weight excluding hydrogens is 311 g/mol. The third kappa shape index (κ3) is 5.39. The van der Waals surface area contributed by atoms with E-state index in [9.17, 15) is 19.1 Å². The fraction of sp³-hybridized carbons (Fsp3) is 0.222. The lowest BCUT2D eigenvalue weighted by Crippen LogP contribution is -2.41. The topological polar surface area (TPSA) is 78.4 Å². The van der Waals surface area contributed by atoms with Gasteiger partial charge in [0.15, 0.2) is 0 Å². The molecule has 0 fully saturated rings. The minimum Gasteiger partial charge on any atom is -0.508 e. The number of carbonyl (C=O) groups excluding carboxylic acids is 2. The van der Waals surface area contributed by atoms with Gasteiger partial charge in [-0.25, -0.2) is 4.39 Å². The van der Waals surface area contributed by atoms with E-state index < -0.39 is 11.7 Å². The fourth-order valence-electron chi connectivity index (χ4n) is 2.25. The normalized spacial score (nSPS) is 11.6. The number of nitrogens with one attached hydrogen (secondary N) is 2. The molecule has 0 radical (unpaired) electrons. The van der Waals surface area contributed by atoms with Gasteiger partial charge in [-0.1, -0.05) is 18.2 Å². The summed E-state index contributed by atoms with van der Waals surface area (Å²) in [5.74, 6) is -1.15. The van der Waals surface area contributed by atoms with E-state index in [0.29, 0.717) is 6.42 Å². The maximum Gasteiger partial charge on any atom is 0.251 e. The quantitative estimate of drug-likeness (QED) is 0.758. The minimum atomic E-state index is -0.505.